The second-order valence-corrected chi connectivity index (χ2v) is 2.79. The summed E-state index contributed by atoms with van der Waals surface area (Å²) in [5, 5.41) is 10.2. The minimum atomic E-state index is -0.439. The molecular formula is C8H7NO2S. The van der Waals surface area contributed by atoms with Crippen molar-refractivity contribution in [3.05, 3.63) is 46.5 Å². The van der Waals surface area contributed by atoms with E-state index in [1.807, 2.05) is 0 Å². The normalized spacial score (nSPS) is 9.42. The molecule has 62 valence electrons. The summed E-state index contributed by atoms with van der Waals surface area (Å²) in [6, 6.07) is 6.09. The van der Waals surface area contributed by atoms with Gasteiger partial charge in [-0.05, 0) is 17.7 Å². The van der Waals surface area contributed by atoms with Crippen LogP contribution in [0.1, 0.15) is 5.56 Å². The summed E-state index contributed by atoms with van der Waals surface area (Å²) in [6.45, 7) is 3.59. The first-order valence-electron chi connectivity index (χ1n) is 3.24. The van der Waals surface area contributed by atoms with E-state index in [0.717, 1.165) is 5.56 Å². The van der Waals surface area contributed by atoms with Gasteiger partial charge in [0.05, 0.1) is 4.92 Å². The fraction of sp³-hybridized carbons (Fsp3) is 0. The van der Waals surface area contributed by atoms with Crippen LogP contribution in [0.2, 0.25) is 0 Å². The van der Waals surface area contributed by atoms with Crippen molar-refractivity contribution in [3.63, 3.8) is 0 Å². The molecule has 0 aliphatic rings. The molecule has 0 atom stereocenters. The van der Waals surface area contributed by atoms with E-state index < -0.39 is 4.92 Å². The van der Waals surface area contributed by atoms with Gasteiger partial charge in [0.25, 0.3) is 5.69 Å². The van der Waals surface area contributed by atoms with Gasteiger partial charge in [-0.25, -0.2) is 0 Å². The van der Waals surface area contributed by atoms with Gasteiger partial charge in [0.2, 0.25) is 0 Å². The highest BCUT2D eigenvalue weighted by molar-refractivity contribution is 7.90. The molecule has 0 radical (unpaired) electrons. The SMILES string of the molecule is C=C(S)c1ccc([N+](=O)[O-])cc1. The Morgan fingerprint density at radius 2 is 1.92 bits per heavy atom. The summed E-state index contributed by atoms with van der Waals surface area (Å²) in [5.74, 6) is 0. The lowest BCUT2D eigenvalue weighted by Crippen LogP contribution is -1.87. The topological polar surface area (TPSA) is 43.1 Å². The largest absolute Gasteiger partial charge is 0.269 e. The molecule has 0 aliphatic carbocycles. The molecule has 0 saturated carbocycles. The molecular weight excluding hydrogens is 174 g/mol. The first-order chi connectivity index (χ1) is 5.61. The number of nitrogens with zero attached hydrogens (tertiary/aromatic N) is 1. The van der Waals surface area contributed by atoms with Gasteiger partial charge in [0.15, 0.2) is 0 Å². The summed E-state index contributed by atoms with van der Waals surface area (Å²) in [7, 11) is 0. The van der Waals surface area contributed by atoms with Gasteiger partial charge in [-0.3, -0.25) is 10.1 Å². The van der Waals surface area contributed by atoms with E-state index in [2.05, 4.69) is 19.2 Å². The Morgan fingerprint density at radius 1 is 1.42 bits per heavy atom. The molecule has 12 heavy (non-hydrogen) atoms. The second kappa shape index (κ2) is 3.40. The molecule has 1 rings (SSSR count). The van der Waals surface area contributed by atoms with Gasteiger partial charge < -0.3 is 0 Å². The van der Waals surface area contributed by atoms with Crippen LogP contribution < -0.4 is 0 Å². The zero-order chi connectivity index (χ0) is 9.14. The monoisotopic (exact) mass is 181 g/mol. The summed E-state index contributed by atoms with van der Waals surface area (Å²) >= 11 is 4.01. The molecule has 4 heteroatoms. The Morgan fingerprint density at radius 3 is 2.25 bits per heavy atom. The Labute approximate surface area is 75.3 Å². The van der Waals surface area contributed by atoms with E-state index in [1.54, 1.807) is 12.1 Å². The smallest absolute Gasteiger partial charge is 0.258 e. The lowest BCUT2D eigenvalue weighted by atomic mass is 10.2. The molecule has 0 aliphatic heterocycles. The van der Waals surface area contributed by atoms with Crippen molar-refractivity contribution in [2.45, 2.75) is 0 Å². The minimum absolute atomic E-state index is 0.0772. The third-order valence-electron chi connectivity index (χ3n) is 1.41. The number of non-ortho nitro benzene ring substituents is 1. The summed E-state index contributed by atoms with van der Waals surface area (Å²) < 4.78 is 0. The number of hydrogen-bond donors (Lipinski definition) is 1. The van der Waals surface area contributed by atoms with Crippen molar-refractivity contribution in [1.82, 2.24) is 0 Å². The van der Waals surface area contributed by atoms with Crippen LogP contribution in [0.15, 0.2) is 30.8 Å². The number of nitro groups is 1. The van der Waals surface area contributed by atoms with E-state index in [9.17, 15) is 10.1 Å². The molecule has 3 nitrogen and oxygen atoms in total. The fourth-order valence-corrected chi connectivity index (χ4v) is 0.925. The molecule has 0 saturated heterocycles. The Kier molecular flexibility index (Phi) is 2.50. The van der Waals surface area contributed by atoms with Gasteiger partial charge in [-0.15, -0.1) is 12.6 Å². The maximum Gasteiger partial charge on any atom is 0.269 e. The quantitative estimate of drug-likeness (QED) is 0.432. The molecule has 0 heterocycles. The van der Waals surface area contributed by atoms with E-state index >= 15 is 0 Å². The fourth-order valence-electron chi connectivity index (χ4n) is 0.776. The highest BCUT2D eigenvalue weighted by Gasteiger charge is 2.03. The maximum atomic E-state index is 10.2. The lowest BCUT2D eigenvalue weighted by Gasteiger charge is -1.96. The third kappa shape index (κ3) is 1.85. The van der Waals surface area contributed by atoms with Crippen LogP contribution in [-0.2, 0) is 0 Å². The number of benzene rings is 1. The van der Waals surface area contributed by atoms with E-state index in [-0.39, 0.29) is 5.69 Å². The van der Waals surface area contributed by atoms with E-state index in [0.29, 0.717) is 4.91 Å². The number of hydrogen-bond acceptors (Lipinski definition) is 3. The second-order valence-electron chi connectivity index (χ2n) is 2.25. The number of nitro benzene ring substituents is 1. The molecule has 0 N–H and O–H groups in total. The Balaban J connectivity index is 3.01. The van der Waals surface area contributed by atoms with Gasteiger partial charge in [0, 0.05) is 17.0 Å². The Hall–Kier alpha value is -1.29. The Bertz CT molecular complexity index is 285. The van der Waals surface area contributed by atoms with Crippen LogP contribution in [0.5, 0.6) is 0 Å². The molecule has 0 bridgehead atoms. The molecule has 0 fully saturated rings. The van der Waals surface area contributed by atoms with Crippen molar-refractivity contribution in [3.8, 4) is 0 Å². The minimum Gasteiger partial charge on any atom is -0.258 e. The maximum absolute atomic E-state index is 10.2. The van der Waals surface area contributed by atoms with Gasteiger partial charge >= 0.3 is 0 Å². The zero-order valence-corrected chi connectivity index (χ0v) is 7.12. The van der Waals surface area contributed by atoms with Crippen LogP contribution >= 0.6 is 12.6 Å². The molecule has 0 amide bonds. The van der Waals surface area contributed by atoms with Crippen LogP contribution in [-0.4, -0.2) is 4.92 Å². The third-order valence-corrected chi connectivity index (χ3v) is 1.67. The zero-order valence-electron chi connectivity index (χ0n) is 6.23. The average Bonchev–Trinajstić information content (AvgIpc) is 2.04. The van der Waals surface area contributed by atoms with Crippen molar-refractivity contribution in [1.29, 1.82) is 0 Å². The van der Waals surface area contributed by atoms with Crippen LogP contribution in [0.3, 0.4) is 0 Å². The molecule has 0 aromatic heterocycles. The van der Waals surface area contributed by atoms with E-state index in [4.69, 9.17) is 0 Å². The van der Waals surface area contributed by atoms with Gasteiger partial charge in [-0.1, -0.05) is 6.58 Å². The molecule has 1 aromatic rings. The predicted octanol–water partition coefficient (Wildman–Crippen LogP) is 2.50. The summed E-state index contributed by atoms with van der Waals surface area (Å²) in [6.07, 6.45) is 0. The number of thiol groups is 1. The first kappa shape index (κ1) is 8.80. The van der Waals surface area contributed by atoms with Crippen molar-refractivity contribution in [2.24, 2.45) is 0 Å². The molecule has 0 unspecified atom stereocenters. The summed E-state index contributed by atoms with van der Waals surface area (Å²) in [4.78, 5) is 10.4. The molecule has 0 spiro atoms. The molecule has 1 aromatic carbocycles. The van der Waals surface area contributed by atoms with Crippen molar-refractivity contribution >= 4 is 23.2 Å². The summed E-state index contributed by atoms with van der Waals surface area (Å²) in [5.41, 5.74) is 0.872. The van der Waals surface area contributed by atoms with Crippen molar-refractivity contribution in [2.75, 3.05) is 0 Å². The standard InChI is InChI=1S/C8H7NO2S/c1-6(12)7-2-4-8(5-3-7)9(10)11/h2-5,12H,1H2. The van der Waals surface area contributed by atoms with Crippen LogP contribution in [0.25, 0.3) is 4.91 Å². The van der Waals surface area contributed by atoms with Crippen molar-refractivity contribution < 1.29 is 4.92 Å². The van der Waals surface area contributed by atoms with Crippen LogP contribution in [0, 0.1) is 10.1 Å². The highest BCUT2D eigenvalue weighted by Crippen LogP contribution is 2.19. The van der Waals surface area contributed by atoms with Gasteiger partial charge in [0.1, 0.15) is 0 Å². The lowest BCUT2D eigenvalue weighted by molar-refractivity contribution is -0.384. The van der Waals surface area contributed by atoms with Gasteiger partial charge in [-0.2, -0.15) is 0 Å². The van der Waals surface area contributed by atoms with E-state index in [1.165, 1.54) is 12.1 Å². The highest BCUT2D eigenvalue weighted by atomic mass is 32.1. The first-order valence-corrected chi connectivity index (χ1v) is 3.68. The predicted molar refractivity (Wildman–Crippen MR) is 51.1 cm³/mol. The van der Waals surface area contributed by atoms with Crippen LogP contribution in [0.4, 0.5) is 5.69 Å². The average molecular weight is 181 g/mol. The number of rotatable bonds is 2.